The fourth-order valence-electron chi connectivity index (χ4n) is 0.520. The first-order valence-electron chi connectivity index (χ1n) is 2.62. The van der Waals surface area contributed by atoms with Crippen LogP contribution in [0.3, 0.4) is 0 Å². The fourth-order valence-corrected chi connectivity index (χ4v) is 0.520. The van der Waals surface area contributed by atoms with Gasteiger partial charge in [-0.3, -0.25) is 0 Å². The number of hydrogen-bond donors (Lipinski definition) is 0. The van der Waals surface area contributed by atoms with Crippen molar-refractivity contribution in [3.8, 4) is 0 Å². The summed E-state index contributed by atoms with van der Waals surface area (Å²) in [6.07, 6.45) is 0. The molecule has 0 aromatic heterocycles. The maximum Gasteiger partial charge on any atom is 0.0353 e. The van der Waals surface area contributed by atoms with E-state index in [0.29, 0.717) is 13.2 Å². The van der Waals surface area contributed by atoms with Crippen molar-refractivity contribution >= 4 is 0 Å². The van der Waals surface area contributed by atoms with Crippen molar-refractivity contribution in [2.45, 2.75) is 0 Å². The Morgan fingerprint density at radius 3 is 1.78 bits per heavy atom. The largest absolute Gasteiger partial charge is 0.387 e. The topological polar surface area (TPSA) is 18.5 Å². The molecule has 0 saturated heterocycles. The third-order valence-corrected chi connectivity index (χ3v) is 0.805. The van der Waals surface area contributed by atoms with E-state index in [9.17, 15) is 0 Å². The van der Waals surface area contributed by atoms with Crippen LogP contribution in [0, 0.1) is 12.8 Å². The van der Waals surface area contributed by atoms with Crippen LogP contribution in [0.15, 0.2) is 0 Å². The van der Waals surface area contributed by atoms with E-state index in [1.807, 2.05) is 0 Å². The molecule has 0 aliphatic carbocycles. The molecule has 1 radical (unpaired) electrons. The first-order valence-corrected chi connectivity index (χ1v) is 2.62. The number of methoxy groups -OCH3 is 2. The van der Waals surface area contributed by atoms with Crippen molar-refractivity contribution in [2.75, 3.05) is 27.4 Å². The molecule has 53 valence electrons. The molecule has 0 aliphatic rings. The third kappa shape index (κ3) is 9.02. The van der Waals surface area contributed by atoms with Crippen LogP contribution in [-0.4, -0.2) is 27.4 Å². The molecular formula is C6H13O2Y-. The van der Waals surface area contributed by atoms with Crippen LogP contribution < -0.4 is 0 Å². The smallest absolute Gasteiger partial charge is 0.0353 e. The van der Waals surface area contributed by atoms with E-state index in [1.165, 1.54) is 0 Å². The maximum absolute atomic E-state index is 4.81. The van der Waals surface area contributed by atoms with Crippen molar-refractivity contribution in [3.63, 3.8) is 0 Å². The second kappa shape index (κ2) is 9.02. The number of rotatable bonds is 4. The molecule has 0 aliphatic heterocycles. The summed E-state index contributed by atoms with van der Waals surface area (Å²) in [4.78, 5) is 0. The molecule has 0 rings (SSSR count). The minimum Gasteiger partial charge on any atom is -0.387 e. The normalized spacial score (nSPS) is 9.33. The first kappa shape index (κ1) is 12.7. The van der Waals surface area contributed by atoms with E-state index in [4.69, 9.17) is 9.47 Å². The Kier molecular flexibility index (Phi) is 12.7. The fraction of sp³-hybridized carbons (Fsp3) is 0.833. The summed E-state index contributed by atoms with van der Waals surface area (Å²) in [7, 11) is 3.32. The zero-order chi connectivity index (χ0) is 6.41. The standard InChI is InChI=1S/C6H13O2.Y/c1-6(4-7-2)5-8-3;/h6H,1,4-5H2,2-3H3;/q-1;. The summed E-state index contributed by atoms with van der Waals surface area (Å²) < 4.78 is 9.63. The summed E-state index contributed by atoms with van der Waals surface area (Å²) in [6.45, 7) is 5.12. The summed E-state index contributed by atoms with van der Waals surface area (Å²) >= 11 is 0. The molecule has 9 heavy (non-hydrogen) atoms. The van der Waals surface area contributed by atoms with Gasteiger partial charge in [0.1, 0.15) is 0 Å². The van der Waals surface area contributed by atoms with Gasteiger partial charge in [-0.2, -0.15) is 0 Å². The molecule has 3 heteroatoms. The van der Waals surface area contributed by atoms with Gasteiger partial charge in [-0.25, -0.2) is 0 Å². The second-order valence-electron chi connectivity index (χ2n) is 1.78. The van der Waals surface area contributed by atoms with Crippen LogP contribution in [0.4, 0.5) is 0 Å². The maximum atomic E-state index is 4.81. The Labute approximate surface area is 82.2 Å². The van der Waals surface area contributed by atoms with E-state index in [1.54, 1.807) is 14.2 Å². The predicted molar refractivity (Wildman–Crippen MR) is 32.6 cm³/mol. The molecule has 0 aromatic rings. The van der Waals surface area contributed by atoms with Crippen molar-refractivity contribution < 1.29 is 42.2 Å². The van der Waals surface area contributed by atoms with Crippen LogP contribution in [0.1, 0.15) is 0 Å². The molecule has 0 heterocycles. The molecule has 0 bridgehead atoms. The first-order chi connectivity index (χ1) is 3.81. The van der Waals surface area contributed by atoms with E-state index in [0.717, 1.165) is 0 Å². The Hall–Kier alpha value is 1.02. The van der Waals surface area contributed by atoms with Gasteiger partial charge in [-0.1, -0.05) is 0 Å². The summed E-state index contributed by atoms with van der Waals surface area (Å²) in [5.41, 5.74) is 0. The third-order valence-electron chi connectivity index (χ3n) is 0.805. The molecule has 0 fully saturated rings. The molecule has 0 atom stereocenters. The van der Waals surface area contributed by atoms with Crippen LogP contribution in [0.25, 0.3) is 0 Å². The van der Waals surface area contributed by atoms with E-state index >= 15 is 0 Å². The summed E-state index contributed by atoms with van der Waals surface area (Å²) in [5, 5.41) is 0. The van der Waals surface area contributed by atoms with Crippen LogP contribution >= 0.6 is 0 Å². The Morgan fingerprint density at radius 2 is 1.56 bits per heavy atom. The molecule has 0 spiro atoms. The quantitative estimate of drug-likeness (QED) is 0.631. The van der Waals surface area contributed by atoms with Gasteiger partial charge in [0, 0.05) is 60.1 Å². The summed E-state index contributed by atoms with van der Waals surface area (Å²) in [5.74, 6) is 0.269. The van der Waals surface area contributed by atoms with Gasteiger partial charge in [0.05, 0.1) is 0 Å². The molecule has 0 aromatic carbocycles. The van der Waals surface area contributed by atoms with E-state index in [-0.39, 0.29) is 38.6 Å². The van der Waals surface area contributed by atoms with Crippen molar-refractivity contribution in [1.82, 2.24) is 0 Å². The second-order valence-corrected chi connectivity index (χ2v) is 1.78. The average Bonchev–Trinajstić information content (AvgIpc) is 1.68. The zero-order valence-electron chi connectivity index (χ0n) is 6.09. The van der Waals surface area contributed by atoms with Crippen molar-refractivity contribution in [3.05, 3.63) is 6.92 Å². The van der Waals surface area contributed by atoms with Gasteiger partial charge in [-0.15, -0.1) is 5.92 Å². The Bertz CT molecular complexity index is 44.3. The minimum absolute atomic E-state index is 0. The van der Waals surface area contributed by atoms with Gasteiger partial charge in [0.25, 0.3) is 0 Å². The SMILES string of the molecule is [CH2-]C(COC)COC.[Y]. The molecule has 0 N–H and O–H groups in total. The number of ether oxygens (including phenoxy) is 2. The molecule has 0 amide bonds. The predicted octanol–water partition coefficient (Wildman–Crippen LogP) is 0.727. The molecular weight excluding hydrogens is 193 g/mol. The van der Waals surface area contributed by atoms with Crippen LogP contribution in [0.5, 0.6) is 0 Å². The minimum atomic E-state index is 0. The van der Waals surface area contributed by atoms with Gasteiger partial charge >= 0.3 is 0 Å². The molecule has 0 saturated carbocycles. The van der Waals surface area contributed by atoms with E-state index in [2.05, 4.69) is 6.92 Å². The van der Waals surface area contributed by atoms with Crippen molar-refractivity contribution in [2.24, 2.45) is 5.92 Å². The molecule has 0 unspecified atom stereocenters. The molecule has 2 nitrogen and oxygen atoms in total. The van der Waals surface area contributed by atoms with E-state index < -0.39 is 0 Å². The van der Waals surface area contributed by atoms with Gasteiger partial charge in [0.15, 0.2) is 0 Å². The zero-order valence-corrected chi connectivity index (χ0v) is 8.93. The van der Waals surface area contributed by atoms with Gasteiger partial charge in [-0.05, 0) is 0 Å². The van der Waals surface area contributed by atoms with Gasteiger partial charge in [0.2, 0.25) is 0 Å². The van der Waals surface area contributed by atoms with Gasteiger partial charge < -0.3 is 16.4 Å². The Balaban J connectivity index is 0. The van der Waals surface area contributed by atoms with Crippen LogP contribution in [-0.2, 0) is 42.2 Å². The van der Waals surface area contributed by atoms with Crippen LogP contribution in [0.2, 0.25) is 0 Å². The monoisotopic (exact) mass is 206 g/mol. The van der Waals surface area contributed by atoms with Crippen molar-refractivity contribution in [1.29, 1.82) is 0 Å². The number of hydrogen-bond acceptors (Lipinski definition) is 2. The summed E-state index contributed by atoms with van der Waals surface area (Å²) in [6, 6.07) is 0. The average molecular weight is 206 g/mol. The Morgan fingerprint density at radius 1 is 1.22 bits per heavy atom.